The summed E-state index contributed by atoms with van der Waals surface area (Å²) in [5, 5.41) is 11.1. The van der Waals surface area contributed by atoms with Crippen LogP contribution in [0.4, 0.5) is 5.69 Å². The van der Waals surface area contributed by atoms with Crippen molar-refractivity contribution < 1.29 is 14.0 Å². The molecule has 6 rings (SSSR count). The third-order valence-corrected chi connectivity index (χ3v) is 7.73. The number of nitrogens with zero attached hydrogens (tertiary/aromatic N) is 4. The molecule has 1 aliphatic heterocycles. The van der Waals surface area contributed by atoms with E-state index in [1.807, 2.05) is 36.4 Å². The van der Waals surface area contributed by atoms with Gasteiger partial charge in [0.15, 0.2) is 5.58 Å². The quantitative estimate of drug-likeness (QED) is 0.238. The van der Waals surface area contributed by atoms with Gasteiger partial charge >= 0.3 is 0 Å². The Kier molecular flexibility index (Phi) is 7.00. The average molecular weight is 538 g/mol. The number of fused-ring (bicyclic) bond motifs is 1. The Bertz CT molecular complexity index is 1560. The van der Waals surface area contributed by atoms with Gasteiger partial charge in [-0.25, -0.2) is 4.98 Å². The molecule has 10 heteroatoms. The highest BCUT2D eigenvalue weighted by Crippen LogP contribution is 2.30. The summed E-state index contributed by atoms with van der Waals surface area (Å²) in [5.41, 5.74) is 9.79. The van der Waals surface area contributed by atoms with E-state index in [1.165, 1.54) is 0 Å². The predicted octanol–water partition coefficient (Wildman–Crippen LogP) is 4.06. The van der Waals surface area contributed by atoms with Crippen LogP contribution in [0.2, 0.25) is 0 Å². The van der Waals surface area contributed by atoms with Crippen LogP contribution in [0.5, 0.6) is 0 Å². The number of rotatable bonds is 7. The van der Waals surface area contributed by atoms with Crippen LogP contribution in [0, 0.1) is 11.3 Å². The SMILES string of the molecule is N=C(N)[C@H](c1ccccc1)N1CCN(C(=O)c2cc(-c3nc4cc(NC(=O)C5CCC5)ccc4o3)ccn2)CC1. The Morgan fingerprint density at radius 1 is 1.02 bits per heavy atom. The van der Waals surface area contributed by atoms with Gasteiger partial charge in [0.2, 0.25) is 11.8 Å². The lowest BCUT2D eigenvalue weighted by molar-refractivity contribution is -0.122. The fraction of sp³-hybridized carbons (Fsp3) is 0.300. The van der Waals surface area contributed by atoms with E-state index in [1.54, 1.807) is 35.4 Å². The fourth-order valence-corrected chi connectivity index (χ4v) is 5.29. The van der Waals surface area contributed by atoms with Crippen LogP contribution in [-0.2, 0) is 4.79 Å². The van der Waals surface area contributed by atoms with Gasteiger partial charge in [-0.15, -0.1) is 0 Å². The number of benzene rings is 2. The lowest BCUT2D eigenvalue weighted by Gasteiger charge is -2.38. The maximum Gasteiger partial charge on any atom is 0.272 e. The first kappa shape index (κ1) is 25.7. The van der Waals surface area contributed by atoms with Crippen molar-refractivity contribution in [3.05, 3.63) is 78.1 Å². The van der Waals surface area contributed by atoms with Crippen LogP contribution in [-0.4, -0.2) is 63.6 Å². The molecule has 1 saturated carbocycles. The van der Waals surface area contributed by atoms with Crippen molar-refractivity contribution in [2.45, 2.75) is 25.3 Å². The molecule has 1 aliphatic carbocycles. The molecule has 0 radical (unpaired) electrons. The number of oxazole rings is 1. The number of amides is 2. The Hall–Kier alpha value is -4.57. The lowest BCUT2D eigenvalue weighted by Crippen LogP contribution is -2.51. The van der Waals surface area contributed by atoms with Gasteiger partial charge in [0.1, 0.15) is 17.0 Å². The molecule has 0 unspecified atom stereocenters. The molecular weight excluding hydrogens is 506 g/mol. The van der Waals surface area contributed by atoms with Crippen molar-refractivity contribution >= 4 is 34.4 Å². The molecule has 2 aliphatic rings. The molecule has 2 aromatic heterocycles. The Morgan fingerprint density at radius 2 is 1.80 bits per heavy atom. The fourth-order valence-electron chi connectivity index (χ4n) is 5.29. The molecule has 1 saturated heterocycles. The minimum Gasteiger partial charge on any atom is -0.436 e. The van der Waals surface area contributed by atoms with Gasteiger partial charge in [-0.1, -0.05) is 36.8 Å². The molecule has 4 N–H and O–H groups in total. The van der Waals surface area contributed by atoms with E-state index in [-0.39, 0.29) is 29.6 Å². The molecule has 4 aromatic rings. The molecule has 40 heavy (non-hydrogen) atoms. The first-order chi connectivity index (χ1) is 19.5. The molecule has 0 bridgehead atoms. The van der Waals surface area contributed by atoms with Crippen LogP contribution in [0.15, 0.2) is 71.3 Å². The van der Waals surface area contributed by atoms with Crippen molar-refractivity contribution in [2.24, 2.45) is 11.7 Å². The number of hydrogen-bond acceptors (Lipinski definition) is 7. The minimum atomic E-state index is -0.314. The Morgan fingerprint density at radius 3 is 2.50 bits per heavy atom. The third-order valence-electron chi connectivity index (χ3n) is 7.73. The standard InChI is InChI=1S/C30H31N7O3/c31-27(32)26(19-5-2-1-3-6-19)36-13-15-37(16-14-36)30(39)24-17-21(11-12-33-24)29-35-23-18-22(9-10-25(23)40-29)34-28(38)20-7-4-8-20/h1-3,5-6,9-12,17-18,20,26H,4,7-8,13-16H2,(H3,31,32)(H,34,38)/t26-/m0/s1. The number of anilines is 1. The van der Waals surface area contributed by atoms with Crippen LogP contribution >= 0.6 is 0 Å². The number of nitrogens with one attached hydrogen (secondary N) is 2. The van der Waals surface area contributed by atoms with Crippen LogP contribution < -0.4 is 11.1 Å². The summed E-state index contributed by atoms with van der Waals surface area (Å²) >= 11 is 0. The second kappa shape index (κ2) is 10.9. The molecule has 1 atom stereocenters. The monoisotopic (exact) mass is 537 g/mol. The molecule has 10 nitrogen and oxygen atoms in total. The molecule has 3 heterocycles. The van der Waals surface area contributed by atoms with Crippen molar-refractivity contribution in [1.82, 2.24) is 19.8 Å². The highest BCUT2D eigenvalue weighted by molar-refractivity contribution is 5.95. The van der Waals surface area contributed by atoms with Crippen LogP contribution in [0.3, 0.4) is 0 Å². The topological polar surface area (TPSA) is 141 Å². The van der Waals surface area contributed by atoms with Crippen LogP contribution in [0.25, 0.3) is 22.6 Å². The molecule has 204 valence electrons. The Balaban J connectivity index is 1.14. The summed E-state index contributed by atoms with van der Waals surface area (Å²) in [4.78, 5) is 38.5. The van der Waals surface area contributed by atoms with Crippen molar-refractivity contribution in [2.75, 3.05) is 31.5 Å². The normalized spacial score (nSPS) is 16.9. The van der Waals surface area contributed by atoms with E-state index in [0.29, 0.717) is 60.1 Å². The number of amidine groups is 1. The lowest BCUT2D eigenvalue weighted by atomic mass is 9.85. The number of piperazine rings is 1. The smallest absolute Gasteiger partial charge is 0.272 e. The number of carbonyl (C=O) groups excluding carboxylic acids is 2. The van der Waals surface area contributed by atoms with Gasteiger partial charge in [-0.2, -0.15) is 0 Å². The molecule has 2 aromatic carbocycles. The zero-order valence-corrected chi connectivity index (χ0v) is 22.0. The van der Waals surface area contributed by atoms with Gasteiger partial charge in [-0.05, 0) is 48.7 Å². The molecule has 0 spiro atoms. The minimum absolute atomic E-state index is 0.0457. The predicted molar refractivity (Wildman–Crippen MR) is 152 cm³/mol. The zero-order chi connectivity index (χ0) is 27.6. The number of carbonyl (C=O) groups is 2. The molecule has 2 fully saturated rings. The summed E-state index contributed by atoms with van der Waals surface area (Å²) in [5.74, 6) is 0.443. The van der Waals surface area contributed by atoms with Crippen molar-refractivity contribution in [3.8, 4) is 11.5 Å². The van der Waals surface area contributed by atoms with E-state index in [2.05, 4.69) is 20.2 Å². The van der Waals surface area contributed by atoms with E-state index in [9.17, 15) is 9.59 Å². The summed E-state index contributed by atoms with van der Waals surface area (Å²) in [6.45, 7) is 2.18. The van der Waals surface area contributed by atoms with E-state index in [4.69, 9.17) is 15.6 Å². The molecule has 2 amide bonds. The van der Waals surface area contributed by atoms with Crippen molar-refractivity contribution in [3.63, 3.8) is 0 Å². The summed E-state index contributed by atoms with van der Waals surface area (Å²) in [7, 11) is 0. The number of aromatic nitrogens is 2. The van der Waals surface area contributed by atoms with Gasteiger partial charge < -0.3 is 20.4 Å². The highest BCUT2D eigenvalue weighted by atomic mass is 16.3. The van der Waals surface area contributed by atoms with E-state index < -0.39 is 0 Å². The number of pyridine rings is 1. The second-order valence-corrected chi connectivity index (χ2v) is 10.3. The van der Waals surface area contributed by atoms with E-state index >= 15 is 0 Å². The zero-order valence-electron chi connectivity index (χ0n) is 22.0. The number of hydrogen-bond donors (Lipinski definition) is 3. The van der Waals surface area contributed by atoms with Gasteiger partial charge in [0, 0.05) is 49.5 Å². The van der Waals surface area contributed by atoms with Crippen molar-refractivity contribution in [1.29, 1.82) is 5.41 Å². The first-order valence-corrected chi connectivity index (χ1v) is 13.6. The Labute approximate surface area is 231 Å². The summed E-state index contributed by atoms with van der Waals surface area (Å²) in [6, 6.07) is 18.3. The second-order valence-electron chi connectivity index (χ2n) is 10.3. The first-order valence-electron chi connectivity index (χ1n) is 13.6. The number of nitrogens with two attached hydrogens (primary N) is 1. The maximum absolute atomic E-state index is 13.4. The highest BCUT2D eigenvalue weighted by Gasteiger charge is 2.30. The summed E-state index contributed by atoms with van der Waals surface area (Å²) < 4.78 is 5.96. The van der Waals surface area contributed by atoms with E-state index in [0.717, 1.165) is 24.8 Å². The largest absolute Gasteiger partial charge is 0.436 e. The van der Waals surface area contributed by atoms with Gasteiger partial charge in [0.05, 0.1) is 6.04 Å². The third kappa shape index (κ3) is 5.17. The van der Waals surface area contributed by atoms with Gasteiger partial charge in [0.25, 0.3) is 5.91 Å². The van der Waals surface area contributed by atoms with Gasteiger partial charge in [-0.3, -0.25) is 24.9 Å². The maximum atomic E-state index is 13.4. The van der Waals surface area contributed by atoms with Crippen LogP contribution in [0.1, 0.15) is 41.4 Å². The molecular formula is C30H31N7O3. The summed E-state index contributed by atoms with van der Waals surface area (Å²) in [6.07, 6.45) is 4.56. The average Bonchev–Trinajstić information content (AvgIpc) is 3.36.